The molecule has 1 aliphatic heterocycles. The van der Waals surface area contributed by atoms with Crippen LogP contribution in [0.3, 0.4) is 0 Å². The molecule has 0 aliphatic carbocycles. The number of amides is 1. The summed E-state index contributed by atoms with van der Waals surface area (Å²) in [5.41, 5.74) is 3.78. The molecule has 0 unspecified atom stereocenters. The summed E-state index contributed by atoms with van der Waals surface area (Å²) in [4.78, 5) is 14.7. The van der Waals surface area contributed by atoms with Gasteiger partial charge in [-0.15, -0.1) is 0 Å². The molecule has 4 nitrogen and oxygen atoms in total. The number of aliphatic hydroxyl groups excluding tert-OH is 1. The number of nitrogens with zero attached hydrogens (tertiary/aromatic N) is 1. The summed E-state index contributed by atoms with van der Waals surface area (Å²) in [5, 5.41) is 10.9. The van der Waals surface area contributed by atoms with E-state index < -0.39 is 11.9 Å². The average molecular weight is 417 g/mol. The number of anilines is 1. The van der Waals surface area contributed by atoms with Gasteiger partial charge in [-0.2, -0.15) is 0 Å². The third-order valence-electron chi connectivity index (χ3n) is 5.63. The highest BCUT2D eigenvalue weighted by Gasteiger charge is 2.42. The van der Waals surface area contributed by atoms with Crippen LogP contribution in [0, 0.1) is 5.82 Å². The molecular weight excluding hydrogens is 393 g/mol. The van der Waals surface area contributed by atoms with Crippen molar-refractivity contribution in [3.63, 3.8) is 0 Å². The van der Waals surface area contributed by atoms with Crippen LogP contribution in [0.1, 0.15) is 42.5 Å². The quantitative estimate of drug-likeness (QED) is 0.553. The Bertz CT molecular complexity index is 1120. The Balaban J connectivity index is 1.86. The van der Waals surface area contributed by atoms with E-state index in [4.69, 9.17) is 4.74 Å². The molecular formula is C26H24FNO3. The standard InChI is InChI=1S/C26H24FNO3/c1-16(2)17-4-6-19(7-5-17)24-23(18-8-14-22(31-3)15-9-18)25(29)26(30)28(24)21-12-10-20(27)11-13-21/h4-16,24,29H,1-3H3/t24-/m1/s1. The van der Waals surface area contributed by atoms with Gasteiger partial charge < -0.3 is 9.84 Å². The van der Waals surface area contributed by atoms with Crippen LogP contribution < -0.4 is 9.64 Å². The molecule has 0 spiro atoms. The molecule has 5 heteroatoms. The summed E-state index contributed by atoms with van der Waals surface area (Å²) in [6.07, 6.45) is 0. The van der Waals surface area contributed by atoms with E-state index in [-0.39, 0.29) is 11.6 Å². The number of benzene rings is 3. The smallest absolute Gasteiger partial charge is 0.294 e. The maximum absolute atomic E-state index is 13.5. The number of hydrogen-bond acceptors (Lipinski definition) is 3. The lowest BCUT2D eigenvalue weighted by Crippen LogP contribution is -2.30. The number of carbonyl (C=O) groups is 1. The molecule has 158 valence electrons. The normalized spacial score (nSPS) is 16.4. The summed E-state index contributed by atoms with van der Waals surface area (Å²) >= 11 is 0. The molecule has 3 aromatic rings. The Morgan fingerprint density at radius 1 is 0.935 bits per heavy atom. The highest BCUT2D eigenvalue weighted by molar-refractivity contribution is 6.16. The first kappa shape index (κ1) is 20.7. The van der Waals surface area contributed by atoms with Gasteiger partial charge in [0.05, 0.1) is 13.2 Å². The van der Waals surface area contributed by atoms with E-state index in [9.17, 15) is 14.3 Å². The Morgan fingerprint density at radius 2 is 1.55 bits per heavy atom. The summed E-state index contributed by atoms with van der Waals surface area (Å²) in [6, 6.07) is 20.4. The van der Waals surface area contributed by atoms with Crippen LogP contribution >= 0.6 is 0 Å². The average Bonchev–Trinajstić information content (AvgIpc) is 3.05. The predicted octanol–water partition coefficient (Wildman–Crippen LogP) is 6.01. The Kier molecular flexibility index (Phi) is 5.51. The molecule has 0 saturated carbocycles. The van der Waals surface area contributed by atoms with Gasteiger partial charge in [-0.05, 0) is 59.0 Å². The van der Waals surface area contributed by atoms with E-state index in [1.54, 1.807) is 31.4 Å². The van der Waals surface area contributed by atoms with Gasteiger partial charge >= 0.3 is 0 Å². The summed E-state index contributed by atoms with van der Waals surface area (Å²) < 4.78 is 18.8. The predicted molar refractivity (Wildman–Crippen MR) is 120 cm³/mol. The minimum Gasteiger partial charge on any atom is -0.503 e. The largest absolute Gasteiger partial charge is 0.503 e. The zero-order valence-corrected chi connectivity index (χ0v) is 17.7. The van der Waals surface area contributed by atoms with Crippen LogP contribution in [-0.4, -0.2) is 18.1 Å². The van der Waals surface area contributed by atoms with Crippen LogP contribution in [0.4, 0.5) is 10.1 Å². The topological polar surface area (TPSA) is 49.8 Å². The van der Waals surface area contributed by atoms with Gasteiger partial charge in [0.1, 0.15) is 11.6 Å². The van der Waals surface area contributed by atoms with Crippen molar-refractivity contribution in [2.24, 2.45) is 0 Å². The molecule has 31 heavy (non-hydrogen) atoms. The third-order valence-corrected chi connectivity index (χ3v) is 5.63. The van der Waals surface area contributed by atoms with Gasteiger partial charge in [-0.25, -0.2) is 4.39 Å². The fourth-order valence-electron chi connectivity index (χ4n) is 3.92. The maximum atomic E-state index is 13.5. The second-order valence-electron chi connectivity index (χ2n) is 7.87. The molecule has 1 aliphatic rings. The Labute approximate surface area is 181 Å². The van der Waals surface area contributed by atoms with E-state index in [0.29, 0.717) is 28.5 Å². The number of aliphatic hydroxyl groups is 1. The van der Waals surface area contributed by atoms with Crippen molar-refractivity contribution in [2.75, 3.05) is 12.0 Å². The maximum Gasteiger partial charge on any atom is 0.294 e. The van der Waals surface area contributed by atoms with Crippen molar-refractivity contribution in [3.8, 4) is 5.75 Å². The van der Waals surface area contributed by atoms with Crippen molar-refractivity contribution in [2.45, 2.75) is 25.8 Å². The number of halogens is 1. The lowest BCUT2D eigenvalue weighted by molar-refractivity contribution is -0.117. The SMILES string of the molecule is COc1ccc(C2=C(O)C(=O)N(c3ccc(F)cc3)[C@@H]2c2ccc(C(C)C)cc2)cc1. The van der Waals surface area contributed by atoms with Crippen molar-refractivity contribution in [1.29, 1.82) is 0 Å². The van der Waals surface area contributed by atoms with Gasteiger partial charge in [0.15, 0.2) is 5.76 Å². The van der Waals surface area contributed by atoms with E-state index >= 15 is 0 Å². The van der Waals surface area contributed by atoms with E-state index in [0.717, 1.165) is 5.56 Å². The second kappa shape index (κ2) is 8.26. The van der Waals surface area contributed by atoms with Gasteiger partial charge in [0.2, 0.25) is 0 Å². The molecule has 0 fully saturated rings. The van der Waals surface area contributed by atoms with Gasteiger partial charge in [0, 0.05) is 11.3 Å². The van der Waals surface area contributed by atoms with E-state index in [2.05, 4.69) is 13.8 Å². The van der Waals surface area contributed by atoms with Crippen molar-refractivity contribution in [3.05, 3.63) is 101 Å². The molecule has 1 heterocycles. The molecule has 0 aromatic heterocycles. The second-order valence-corrected chi connectivity index (χ2v) is 7.87. The van der Waals surface area contributed by atoms with Crippen LogP contribution in [-0.2, 0) is 4.79 Å². The summed E-state index contributed by atoms with van der Waals surface area (Å²) in [6.45, 7) is 4.24. The lowest BCUT2D eigenvalue weighted by atomic mass is 9.91. The van der Waals surface area contributed by atoms with Crippen molar-refractivity contribution < 1.29 is 19.0 Å². The first-order valence-corrected chi connectivity index (χ1v) is 10.2. The van der Waals surface area contributed by atoms with Gasteiger partial charge in [-0.3, -0.25) is 9.69 Å². The van der Waals surface area contributed by atoms with Gasteiger partial charge in [0.25, 0.3) is 5.91 Å². The highest BCUT2D eigenvalue weighted by Crippen LogP contribution is 2.45. The van der Waals surface area contributed by atoms with Crippen LogP contribution in [0.25, 0.3) is 5.57 Å². The Morgan fingerprint density at radius 3 is 2.10 bits per heavy atom. The van der Waals surface area contributed by atoms with Gasteiger partial charge in [-0.1, -0.05) is 50.2 Å². The van der Waals surface area contributed by atoms with Crippen LogP contribution in [0.5, 0.6) is 5.75 Å². The lowest BCUT2D eigenvalue weighted by Gasteiger charge is -2.28. The van der Waals surface area contributed by atoms with E-state index in [1.165, 1.54) is 22.6 Å². The zero-order chi connectivity index (χ0) is 22.1. The van der Waals surface area contributed by atoms with Crippen LogP contribution in [0.2, 0.25) is 0 Å². The summed E-state index contributed by atoms with van der Waals surface area (Å²) in [5.74, 6) is -0.164. The minimum atomic E-state index is -0.549. The molecule has 0 radical (unpaired) electrons. The first-order chi connectivity index (χ1) is 14.9. The number of methoxy groups -OCH3 is 1. The number of hydrogen-bond donors (Lipinski definition) is 1. The number of ether oxygens (including phenoxy) is 1. The molecule has 1 N–H and O–H groups in total. The minimum absolute atomic E-state index is 0.313. The fourth-order valence-corrected chi connectivity index (χ4v) is 3.92. The third kappa shape index (κ3) is 3.79. The van der Waals surface area contributed by atoms with Crippen LogP contribution in [0.15, 0.2) is 78.6 Å². The molecule has 1 atom stereocenters. The number of carbonyl (C=O) groups excluding carboxylic acids is 1. The number of rotatable bonds is 5. The molecule has 1 amide bonds. The Hall–Kier alpha value is -3.60. The fraction of sp³-hybridized carbons (Fsp3) is 0.192. The molecule has 0 saturated heterocycles. The molecule has 4 rings (SSSR count). The molecule has 0 bridgehead atoms. The first-order valence-electron chi connectivity index (χ1n) is 10.2. The van der Waals surface area contributed by atoms with Crippen molar-refractivity contribution >= 4 is 17.2 Å². The molecule has 3 aromatic carbocycles. The highest BCUT2D eigenvalue weighted by atomic mass is 19.1. The summed E-state index contributed by atoms with van der Waals surface area (Å²) in [7, 11) is 1.58. The monoisotopic (exact) mass is 417 g/mol. The zero-order valence-electron chi connectivity index (χ0n) is 17.7. The van der Waals surface area contributed by atoms with E-state index in [1.807, 2.05) is 36.4 Å². The van der Waals surface area contributed by atoms with Crippen molar-refractivity contribution in [1.82, 2.24) is 0 Å².